The lowest BCUT2D eigenvalue weighted by Crippen LogP contribution is -2.20. The van der Waals surface area contributed by atoms with Gasteiger partial charge in [0.05, 0.1) is 29.3 Å². The SMILES string of the molecule is COC(=O)c1ccc(Cc2n[nH]c(=O)c3cc(NC(=O)Nc4cccc(C(F)(F)F)c4)ccc23)cc1. The van der Waals surface area contributed by atoms with Crippen molar-refractivity contribution >= 4 is 34.1 Å². The van der Waals surface area contributed by atoms with Crippen LogP contribution in [0.25, 0.3) is 10.8 Å². The second kappa shape index (κ2) is 9.90. The van der Waals surface area contributed by atoms with Crippen molar-refractivity contribution in [2.75, 3.05) is 17.7 Å². The van der Waals surface area contributed by atoms with Gasteiger partial charge in [-0.25, -0.2) is 14.7 Å². The minimum Gasteiger partial charge on any atom is -0.465 e. The van der Waals surface area contributed by atoms with Crippen LogP contribution < -0.4 is 16.2 Å². The minimum atomic E-state index is -4.54. The number of nitrogens with zero attached hydrogens (tertiary/aromatic N) is 1. The zero-order valence-corrected chi connectivity index (χ0v) is 18.8. The summed E-state index contributed by atoms with van der Waals surface area (Å²) in [5.74, 6) is -0.453. The maximum atomic E-state index is 12.9. The summed E-state index contributed by atoms with van der Waals surface area (Å²) in [6, 6.07) is 14.8. The lowest BCUT2D eigenvalue weighted by molar-refractivity contribution is -0.137. The molecule has 11 heteroatoms. The molecule has 0 bridgehead atoms. The van der Waals surface area contributed by atoms with Gasteiger partial charge in [-0.3, -0.25) is 4.79 Å². The van der Waals surface area contributed by atoms with Crippen LogP contribution in [-0.4, -0.2) is 29.3 Å². The molecule has 0 fully saturated rings. The molecule has 1 heterocycles. The maximum Gasteiger partial charge on any atom is 0.416 e. The molecule has 0 atom stereocenters. The zero-order chi connectivity index (χ0) is 25.9. The fraction of sp³-hybridized carbons (Fsp3) is 0.120. The highest BCUT2D eigenvalue weighted by Gasteiger charge is 2.30. The van der Waals surface area contributed by atoms with Crippen molar-refractivity contribution in [1.29, 1.82) is 0 Å². The number of aromatic amines is 1. The highest BCUT2D eigenvalue weighted by atomic mass is 19.4. The summed E-state index contributed by atoms with van der Waals surface area (Å²) in [7, 11) is 1.30. The summed E-state index contributed by atoms with van der Waals surface area (Å²) < 4.78 is 43.4. The van der Waals surface area contributed by atoms with Gasteiger partial charge in [-0.15, -0.1) is 0 Å². The van der Waals surface area contributed by atoms with E-state index < -0.39 is 29.3 Å². The van der Waals surface area contributed by atoms with E-state index in [2.05, 4.69) is 25.6 Å². The fourth-order valence-corrected chi connectivity index (χ4v) is 3.57. The molecule has 0 aliphatic carbocycles. The number of carbonyl (C=O) groups is 2. The molecule has 1 aromatic heterocycles. The van der Waals surface area contributed by atoms with Gasteiger partial charge in [0.2, 0.25) is 0 Å². The van der Waals surface area contributed by atoms with E-state index >= 15 is 0 Å². The van der Waals surface area contributed by atoms with Crippen LogP contribution in [0.5, 0.6) is 0 Å². The van der Waals surface area contributed by atoms with Gasteiger partial charge in [0.15, 0.2) is 0 Å². The number of fused-ring (bicyclic) bond motifs is 1. The monoisotopic (exact) mass is 496 g/mol. The number of alkyl halides is 3. The predicted molar refractivity (Wildman–Crippen MR) is 127 cm³/mol. The van der Waals surface area contributed by atoms with E-state index in [4.69, 9.17) is 0 Å². The Morgan fingerprint density at radius 3 is 2.31 bits per heavy atom. The van der Waals surface area contributed by atoms with E-state index in [0.29, 0.717) is 23.1 Å². The lowest BCUT2D eigenvalue weighted by atomic mass is 10.0. The summed E-state index contributed by atoms with van der Waals surface area (Å²) in [5, 5.41) is 12.2. The van der Waals surface area contributed by atoms with Crippen LogP contribution in [0, 0.1) is 0 Å². The van der Waals surface area contributed by atoms with Crippen LogP contribution in [0.3, 0.4) is 0 Å². The van der Waals surface area contributed by atoms with Crippen LogP contribution in [0.15, 0.2) is 71.5 Å². The molecule has 0 aliphatic heterocycles. The Morgan fingerprint density at radius 1 is 0.944 bits per heavy atom. The molecule has 36 heavy (non-hydrogen) atoms. The van der Waals surface area contributed by atoms with Crippen LogP contribution in [-0.2, 0) is 17.3 Å². The number of ether oxygens (including phenoxy) is 1. The van der Waals surface area contributed by atoms with E-state index in [0.717, 1.165) is 17.7 Å². The lowest BCUT2D eigenvalue weighted by Gasteiger charge is -2.11. The quantitative estimate of drug-likeness (QED) is 0.338. The molecule has 2 amide bonds. The smallest absolute Gasteiger partial charge is 0.416 e. The standard InChI is InChI=1S/C25H19F3N4O4/c1-36-23(34)15-7-5-14(6-8-15)11-21-19-10-9-18(13-20(19)22(33)32-31-21)30-24(35)29-17-4-2-3-16(12-17)25(26,27)28/h2-10,12-13H,11H2,1H3,(H,32,33)(H2,29,30,35). The summed E-state index contributed by atoms with van der Waals surface area (Å²) in [6.45, 7) is 0. The third kappa shape index (κ3) is 5.52. The first-order chi connectivity index (χ1) is 17.1. The minimum absolute atomic E-state index is 0.0364. The highest BCUT2D eigenvalue weighted by molar-refractivity contribution is 6.01. The molecule has 0 saturated carbocycles. The van der Waals surface area contributed by atoms with Gasteiger partial charge in [-0.2, -0.15) is 18.3 Å². The molecule has 4 rings (SSSR count). The Kier molecular flexibility index (Phi) is 6.73. The van der Waals surface area contributed by atoms with Crippen molar-refractivity contribution in [2.45, 2.75) is 12.6 Å². The number of methoxy groups -OCH3 is 1. The second-order valence-corrected chi connectivity index (χ2v) is 7.78. The number of halogens is 3. The third-order valence-corrected chi connectivity index (χ3v) is 5.32. The van der Waals surface area contributed by atoms with Gasteiger partial charge >= 0.3 is 18.2 Å². The first-order valence-corrected chi connectivity index (χ1v) is 10.6. The van der Waals surface area contributed by atoms with E-state index in [1.165, 1.54) is 25.3 Å². The van der Waals surface area contributed by atoms with Crippen molar-refractivity contribution in [1.82, 2.24) is 10.2 Å². The molecule has 184 valence electrons. The van der Waals surface area contributed by atoms with Crippen molar-refractivity contribution in [3.63, 3.8) is 0 Å². The van der Waals surface area contributed by atoms with Gasteiger partial charge in [0.1, 0.15) is 0 Å². The number of hydrogen-bond acceptors (Lipinski definition) is 5. The number of esters is 1. The molecular formula is C25H19F3N4O4. The van der Waals surface area contributed by atoms with Crippen molar-refractivity contribution in [2.24, 2.45) is 0 Å². The number of benzene rings is 3. The fourth-order valence-electron chi connectivity index (χ4n) is 3.57. The largest absolute Gasteiger partial charge is 0.465 e. The second-order valence-electron chi connectivity index (χ2n) is 7.78. The molecule has 0 unspecified atom stereocenters. The third-order valence-electron chi connectivity index (χ3n) is 5.32. The Bertz CT molecular complexity index is 1500. The molecule has 0 saturated heterocycles. The average molecular weight is 496 g/mol. The van der Waals surface area contributed by atoms with E-state index in [-0.39, 0.29) is 16.8 Å². The summed E-state index contributed by atoms with van der Waals surface area (Å²) in [4.78, 5) is 36.3. The number of anilines is 2. The number of hydrogen-bond donors (Lipinski definition) is 3. The number of amides is 2. The number of rotatable bonds is 5. The number of urea groups is 1. The normalized spacial score (nSPS) is 11.2. The first-order valence-electron chi connectivity index (χ1n) is 10.6. The molecule has 3 aromatic carbocycles. The van der Waals surface area contributed by atoms with Crippen molar-refractivity contribution in [3.05, 3.63) is 99.5 Å². The summed E-state index contributed by atoms with van der Waals surface area (Å²) in [6.07, 6.45) is -4.18. The van der Waals surface area contributed by atoms with Crippen LogP contribution in [0.4, 0.5) is 29.3 Å². The predicted octanol–water partition coefficient (Wildman–Crippen LogP) is 4.96. The van der Waals surface area contributed by atoms with E-state index in [1.54, 1.807) is 36.4 Å². The van der Waals surface area contributed by atoms with Gasteiger partial charge < -0.3 is 15.4 Å². The van der Waals surface area contributed by atoms with E-state index in [9.17, 15) is 27.6 Å². The Labute approximate surface area is 202 Å². The van der Waals surface area contributed by atoms with Crippen LogP contribution in [0.1, 0.15) is 27.2 Å². The maximum absolute atomic E-state index is 12.9. The molecule has 3 N–H and O–H groups in total. The Balaban J connectivity index is 1.52. The Morgan fingerprint density at radius 2 is 1.64 bits per heavy atom. The highest BCUT2D eigenvalue weighted by Crippen LogP contribution is 2.30. The van der Waals surface area contributed by atoms with Crippen molar-refractivity contribution in [3.8, 4) is 0 Å². The molecular weight excluding hydrogens is 477 g/mol. The summed E-state index contributed by atoms with van der Waals surface area (Å²) in [5.41, 5.74) is 0.665. The van der Waals surface area contributed by atoms with Crippen molar-refractivity contribution < 1.29 is 27.5 Å². The van der Waals surface area contributed by atoms with Gasteiger partial charge in [-0.1, -0.05) is 24.3 Å². The Hall–Kier alpha value is -4.67. The summed E-state index contributed by atoms with van der Waals surface area (Å²) >= 11 is 0. The zero-order valence-electron chi connectivity index (χ0n) is 18.8. The topological polar surface area (TPSA) is 113 Å². The number of H-pyrrole nitrogens is 1. The number of carbonyl (C=O) groups excluding carboxylic acids is 2. The molecule has 0 spiro atoms. The molecule has 8 nitrogen and oxygen atoms in total. The first kappa shape index (κ1) is 24.5. The molecule has 0 aliphatic rings. The molecule has 4 aromatic rings. The van der Waals surface area contributed by atoms with E-state index in [1.807, 2.05) is 0 Å². The van der Waals surface area contributed by atoms with Gasteiger partial charge in [0, 0.05) is 23.2 Å². The van der Waals surface area contributed by atoms with Crippen LogP contribution in [0.2, 0.25) is 0 Å². The average Bonchev–Trinajstić information content (AvgIpc) is 2.85. The van der Waals surface area contributed by atoms with Gasteiger partial charge in [0.25, 0.3) is 5.56 Å². The number of aromatic nitrogens is 2. The van der Waals surface area contributed by atoms with Crippen LogP contribution >= 0.6 is 0 Å². The van der Waals surface area contributed by atoms with Gasteiger partial charge in [-0.05, 0) is 48.0 Å². The molecule has 0 radical (unpaired) electrons. The number of nitrogens with one attached hydrogen (secondary N) is 3.